The summed E-state index contributed by atoms with van der Waals surface area (Å²) in [6.45, 7) is 4.73. The Kier molecular flexibility index (Phi) is 14.4. The number of anilines is 6. The molecule has 1 aliphatic rings. The number of benzene rings is 14. The maximum absolute atomic E-state index is 2.44. The minimum Gasteiger partial charge on any atom is -0.311 e. The molecule has 15 rings (SSSR count). The molecule has 14 aromatic carbocycles. The Labute approximate surface area is 523 Å². The zero-order valence-corrected chi connectivity index (χ0v) is 49.9. The highest BCUT2D eigenvalue weighted by atomic mass is 15.1. The van der Waals surface area contributed by atoms with Crippen LogP contribution in [0.1, 0.15) is 25.0 Å². The number of hydrogen-bond acceptors (Lipinski definition) is 2. The predicted molar refractivity (Wildman–Crippen MR) is 377 cm³/mol. The van der Waals surface area contributed by atoms with Crippen molar-refractivity contribution in [2.45, 2.75) is 19.3 Å². The molecule has 1 aliphatic carbocycles. The molecule has 0 amide bonds. The normalized spacial score (nSPS) is 12.0. The number of rotatable bonds is 14. The Morgan fingerprint density at radius 3 is 0.899 bits per heavy atom. The monoisotopic (exact) mass is 1140 g/mol. The molecule has 422 valence electrons. The van der Waals surface area contributed by atoms with Gasteiger partial charge in [0.1, 0.15) is 0 Å². The molecule has 0 aliphatic heterocycles. The number of para-hydroxylation sites is 1. The molecule has 0 heterocycles. The van der Waals surface area contributed by atoms with E-state index in [1.54, 1.807) is 0 Å². The summed E-state index contributed by atoms with van der Waals surface area (Å²) in [6.07, 6.45) is 0. The summed E-state index contributed by atoms with van der Waals surface area (Å²) in [5, 5.41) is 0. The Morgan fingerprint density at radius 2 is 0.461 bits per heavy atom. The number of nitrogens with zero attached hydrogens (tertiary/aromatic N) is 2. The zero-order chi connectivity index (χ0) is 59.7. The quantitative estimate of drug-likeness (QED) is 0.107. The van der Waals surface area contributed by atoms with E-state index in [0.717, 1.165) is 67.5 Å². The van der Waals surface area contributed by atoms with Crippen LogP contribution in [0.25, 0.3) is 100 Å². The minimum atomic E-state index is -0.173. The van der Waals surface area contributed by atoms with Crippen molar-refractivity contribution in [3.05, 3.63) is 363 Å². The molecular formula is C87H64N2. The van der Waals surface area contributed by atoms with Crippen LogP contribution in [0.4, 0.5) is 34.1 Å². The molecule has 0 unspecified atom stereocenters. The molecule has 0 N–H and O–H groups in total. The highest BCUT2D eigenvalue weighted by molar-refractivity contribution is 5.98. The van der Waals surface area contributed by atoms with E-state index in [1.165, 1.54) is 77.9 Å². The molecule has 0 radical (unpaired) electrons. The highest BCUT2D eigenvalue weighted by Crippen LogP contribution is 2.52. The van der Waals surface area contributed by atoms with Crippen molar-refractivity contribution in [1.29, 1.82) is 0 Å². The Morgan fingerprint density at radius 1 is 0.180 bits per heavy atom. The van der Waals surface area contributed by atoms with Crippen molar-refractivity contribution in [2.24, 2.45) is 0 Å². The van der Waals surface area contributed by atoms with Crippen molar-refractivity contribution in [1.82, 2.24) is 0 Å². The van der Waals surface area contributed by atoms with E-state index in [4.69, 9.17) is 0 Å². The third-order valence-corrected chi connectivity index (χ3v) is 17.9. The Bertz CT molecular complexity index is 4720. The molecule has 0 fully saturated rings. The molecule has 0 aromatic heterocycles. The van der Waals surface area contributed by atoms with Gasteiger partial charge in [0, 0.05) is 39.5 Å². The zero-order valence-electron chi connectivity index (χ0n) is 49.9. The van der Waals surface area contributed by atoms with Gasteiger partial charge in [0.05, 0.1) is 0 Å². The van der Waals surface area contributed by atoms with Crippen LogP contribution in [-0.4, -0.2) is 0 Å². The molecule has 2 nitrogen and oxygen atoms in total. The van der Waals surface area contributed by atoms with E-state index < -0.39 is 0 Å². The predicted octanol–water partition coefficient (Wildman–Crippen LogP) is 24.3. The topological polar surface area (TPSA) is 6.48 Å². The lowest BCUT2D eigenvalue weighted by Gasteiger charge is -2.28. The van der Waals surface area contributed by atoms with E-state index in [-0.39, 0.29) is 5.41 Å². The van der Waals surface area contributed by atoms with Crippen molar-refractivity contribution in [3.63, 3.8) is 0 Å². The average Bonchev–Trinajstić information content (AvgIpc) is 1.76. The average molecular weight is 1140 g/mol. The summed E-state index contributed by atoms with van der Waals surface area (Å²) in [5.74, 6) is 0. The van der Waals surface area contributed by atoms with Gasteiger partial charge < -0.3 is 9.80 Å². The third kappa shape index (κ3) is 10.4. The molecule has 89 heavy (non-hydrogen) atoms. The lowest BCUT2D eigenvalue weighted by Crippen LogP contribution is -2.16. The van der Waals surface area contributed by atoms with Crippen LogP contribution in [-0.2, 0) is 5.41 Å². The highest BCUT2D eigenvalue weighted by Gasteiger charge is 2.36. The summed E-state index contributed by atoms with van der Waals surface area (Å²) in [5.41, 5.74) is 30.5. The molecule has 2 heteroatoms. The van der Waals surface area contributed by atoms with Gasteiger partial charge in [-0.2, -0.15) is 0 Å². The second-order valence-corrected chi connectivity index (χ2v) is 23.6. The Balaban J connectivity index is 0.843. The summed E-state index contributed by atoms with van der Waals surface area (Å²) in [4.78, 5) is 4.78. The summed E-state index contributed by atoms with van der Waals surface area (Å²) >= 11 is 0. The second-order valence-electron chi connectivity index (χ2n) is 23.6. The van der Waals surface area contributed by atoms with Gasteiger partial charge in [-0.25, -0.2) is 0 Å². The maximum Gasteiger partial charge on any atom is 0.0465 e. The Hall–Kier alpha value is -11.3. The molecule has 0 atom stereocenters. The van der Waals surface area contributed by atoms with Gasteiger partial charge in [-0.3, -0.25) is 0 Å². The summed E-state index contributed by atoms with van der Waals surface area (Å²) in [6, 6.07) is 129. The number of hydrogen-bond donors (Lipinski definition) is 0. The fraction of sp³-hybridized carbons (Fsp3) is 0.0345. The smallest absolute Gasteiger partial charge is 0.0465 e. The first-order chi connectivity index (χ1) is 43.9. The van der Waals surface area contributed by atoms with Crippen LogP contribution in [0.15, 0.2) is 352 Å². The van der Waals surface area contributed by atoms with Crippen LogP contribution in [0.2, 0.25) is 0 Å². The van der Waals surface area contributed by atoms with E-state index >= 15 is 0 Å². The van der Waals surface area contributed by atoms with Crippen molar-refractivity contribution in [3.8, 4) is 100 Å². The van der Waals surface area contributed by atoms with Crippen LogP contribution < -0.4 is 9.80 Å². The third-order valence-electron chi connectivity index (χ3n) is 17.9. The molecular weight excluding hydrogens is 1070 g/mol. The lowest BCUT2D eigenvalue weighted by atomic mass is 9.82. The second kappa shape index (κ2) is 23.5. The van der Waals surface area contributed by atoms with Crippen molar-refractivity contribution >= 4 is 34.1 Å². The molecule has 0 saturated heterocycles. The van der Waals surface area contributed by atoms with Crippen LogP contribution in [0.5, 0.6) is 0 Å². The van der Waals surface area contributed by atoms with Gasteiger partial charge >= 0.3 is 0 Å². The van der Waals surface area contributed by atoms with Gasteiger partial charge in [0.2, 0.25) is 0 Å². The van der Waals surface area contributed by atoms with Crippen LogP contribution >= 0.6 is 0 Å². The first-order valence-corrected chi connectivity index (χ1v) is 30.8. The van der Waals surface area contributed by atoms with Crippen LogP contribution in [0.3, 0.4) is 0 Å². The van der Waals surface area contributed by atoms with Gasteiger partial charge in [-0.05, 0) is 196 Å². The summed E-state index contributed by atoms with van der Waals surface area (Å²) in [7, 11) is 0. The standard InChI is InChI=1S/C87H64N2/c1-87(2)84-39-22-21-36-78(84)79-57-56-75(58-85(79)87)89(74-54-46-69(47-55-74)86-76(63-26-11-4-12-27-63)37-23-38-77(86)64-28-13-5-14-29-64)73-52-44-68(45-53-73)83-60-80(65-30-15-6-16-31-65)82(59-81(83)66-32-17-7-18-33-66)67-42-50-72(51-43-67)88(70-34-19-8-20-35-70)71-48-40-62(41-49-71)61-24-9-3-10-25-61/h3-60H,1-2H3. The lowest BCUT2D eigenvalue weighted by molar-refractivity contribution is 0.660. The molecule has 0 spiro atoms. The molecule has 0 saturated carbocycles. The molecule has 0 bridgehead atoms. The summed E-state index contributed by atoms with van der Waals surface area (Å²) < 4.78 is 0. The van der Waals surface area contributed by atoms with Gasteiger partial charge in [0.25, 0.3) is 0 Å². The van der Waals surface area contributed by atoms with Gasteiger partial charge in [-0.15, -0.1) is 0 Å². The van der Waals surface area contributed by atoms with E-state index in [9.17, 15) is 0 Å². The fourth-order valence-corrected chi connectivity index (χ4v) is 13.5. The first-order valence-electron chi connectivity index (χ1n) is 30.8. The van der Waals surface area contributed by atoms with E-state index in [0.29, 0.717) is 0 Å². The maximum atomic E-state index is 2.44. The molecule has 14 aromatic rings. The van der Waals surface area contributed by atoms with Gasteiger partial charge in [-0.1, -0.05) is 281 Å². The van der Waals surface area contributed by atoms with Gasteiger partial charge in [0.15, 0.2) is 0 Å². The van der Waals surface area contributed by atoms with Crippen molar-refractivity contribution < 1.29 is 0 Å². The van der Waals surface area contributed by atoms with E-state index in [2.05, 4.69) is 375 Å². The SMILES string of the molecule is CC1(C)c2ccccc2-c2ccc(N(c3ccc(-c4cc(-c5ccccc5)c(-c5ccc(N(c6ccccc6)c6ccc(-c7ccccc7)cc6)cc5)cc4-c4ccccc4)cc3)c3ccc(-c4c(-c5ccccc5)cccc4-c4ccccc4)cc3)cc21. The minimum absolute atomic E-state index is 0.173. The fourth-order valence-electron chi connectivity index (χ4n) is 13.5. The van der Waals surface area contributed by atoms with Crippen LogP contribution in [0, 0.1) is 0 Å². The number of fused-ring (bicyclic) bond motifs is 3. The van der Waals surface area contributed by atoms with Crippen molar-refractivity contribution in [2.75, 3.05) is 9.80 Å². The van der Waals surface area contributed by atoms with E-state index in [1.807, 2.05) is 0 Å². The first kappa shape index (κ1) is 54.3. The largest absolute Gasteiger partial charge is 0.311 e.